The SMILES string of the molecule is CN(C)CC1CC(C)(C)CCC1=N. The van der Waals surface area contributed by atoms with Gasteiger partial charge in [0.1, 0.15) is 0 Å². The molecule has 0 aliphatic heterocycles. The molecular weight excluding hydrogens is 160 g/mol. The van der Waals surface area contributed by atoms with Gasteiger partial charge in [-0.3, -0.25) is 0 Å². The van der Waals surface area contributed by atoms with Crippen LogP contribution in [-0.2, 0) is 0 Å². The van der Waals surface area contributed by atoms with Gasteiger partial charge in [-0.25, -0.2) is 0 Å². The third kappa shape index (κ3) is 3.11. The van der Waals surface area contributed by atoms with Crippen LogP contribution in [0.2, 0.25) is 0 Å². The van der Waals surface area contributed by atoms with Gasteiger partial charge in [0.2, 0.25) is 0 Å². The lowest BCUT2D eigenvalue weighted by Crippen LogP contribution is -2.35. The van der Waals surface area contributed by atoms with E-state index in [0.29, 0.717) is 11.3 Å². The summed E-state index contributed by atoms with van der Waals surface area (Å²) in [5.41, 5.74) is 1.42. The van der Waals surface area contributed by atoms with E-state index in [2.05, 4.69) is 32.8 Å². The molecule has 0 aromatic rings. The number of hydrogen-bond donors (Lipinski definition) is 1. The summed E-state index contributed by atoms with van der Waals surface area (Å²) in [6, 6.07) is 0. The Morgan fingerprint density at radius 1 is 1.46 bits per heavy atom. The first kappa shape index (κ1) is 10.7. The largest absolute Gasteiger partial charge is 0.309 e. The van der Waals surface area contributed by atoms with Crippen molar-refractivity contribution in [3.8, 4) is 0 Å². The quantitative estimate of drug-likeness (QED) is 0.697. The summed E-state index contributed by atoms with van der Waals surface area (Å²) >= 11 is 0. The Morgan fingerprint density at radius 2 is 2.08 bits per heavy atom. The lowest BCUT2D eigenvalue weighted by atomic mass is 9.71. The molecule has 1 aliphatic carbocycles. The first-order valence-electron chi connectivity index (χ1n) is 5.13. The molecule has 0 spiro atoms. The molecule has 1 unspecified atom stereocenters. The third-order valence-corrected chi connectivity index (χ3v) is 2.95. The Morgan fingerprint density at radius 3 is 2.62 bits per heavy atom. The summed E-state index contributed by atoms with van der Waals surface area (Å²) in [5, 5.41) is 7.89. The minimum atomic E-state index is 0.450. The minimum Gasteiger partial charge on any atom is -0.309 e. The van der Waals surface area contributed by atoms with Crippen molar-refractivity contribution in [2.75, 3.05) is 20.6 Å². The maximum atomic E-state index is 7.89. The third-order valence-electron chi connectivity index (χ3n) is 2.95. The highest BCUT2D eigenvalue weighted by Crippen LogP contribution is 2.36. The van der Waals surface area contributed by atoms with E-state index in [9.17, 15) is 0 Å². The van der Waals surface area contributed by atoms with Crippen LogP contribution in [0.25, 0.3) is 0 Å². The second-order valence-electron chi connectivity index (χ2n) is 5.35. The van der Waals surface area contributed by atoms with Crippen LogP contribution in [0.4, 0.5) is 0 Å². The summed E-state index contributed by atoms with van der Waals surface area (Å²) in [5.74, 6) is 0.499. The van der Waals surface area contributed by atoms with Gasteiger partial charge >= 0.3 is 0 Å². The molecule has 1 atom stereocenters. The highest BCUT2D eigenvalue weighted by molar-refractivity contribution is 5.84. The van der Waals surface area contributed by atoms with Gasteiger partial charge in [0.05, 0.1) is 0 Å². The van der Waals surface area contributed by atoms with Crippen molar-refractivity contribution in [2.45, 2.75) is 33.1 Å². The fourth-order valence-corrected chi connectivity index (χ4v) is 2.18. The highest BCUT2D eigenvalue weighted by Gasteiger charge is 2.31. The normalized spacial score (nSPS) is 28.1. The maximum Gasteiger partial charge on any atom is 0.0133 e. The van der Waals surface area contributed by atoms with Crippen molar-refractivity contribution < 1.29 is 0 Å². The van der Waals surface area contributed by atoms with E-state index in [0.717, 1.165) is 18.7 Å². The van der Waals surface area contributed by atoms with E-state index < -0.39 is 0 Å². The number of rotatable bonds is 2. The van der Waals surface area contributed by atoms with Gasteiger partial charge in [0.15, 0.2) is 0 Å². The van der Waals surface area contributed by atoms with Gasteiger partial charge < -0.3 is 10.3 Å². The van der Waals surface area contributed by atoms with Gasteiger partial charge in [-0.05, 0) is 38.8 Å². The van der Waals surface area contributed by atoms with Crippen molar-refractivity contribution in [3.05, 3.63) is 0 Å². The molecule has 1 saturated carbocycles. The van der Waals surface area contributed by atoms with Crippen molar-refractivity contribution in [2.24, 2.45) is 11.3 Å². The Hall–Kier alpha value is -0.370. The Labute approximate surface area is 81.8 Å². The van der Waals surface area contributed by atoms with Crippen LogP contribution in [-0.4, -0.2) is 31.3 Å². The van der Waals surface area contributed by atoms with Crippen LogP contribution in [0.15, 0.2) is 0 Å². The molecule has 13 heavy (non-hydrogen) atoms. The zero-order chi connectivity index (χ0) is 10.1. The summed E-state index contributed by atoms with van der Waals surface area (Å²) in [6.07, 6.45) is 3.38. The van der Waals surface area contributed by atoms with Gasteiger partial charge in [0.25, 0.3) is 0 Å². The molecule has 1 N–H and O–H groups in total. The van der Waals surface area contributed by atoms with Crippen LogP contribution < -0.4 is 0 Å². The topological polar surface area (TPSA) is 27.1 Å². The summed E-state index contributed by atoms with van der Waals surface area (Å²) < 4.78 is 0. The number of nitrogens with zero attached hydrogens (tertiary/aromatic N) is 1. The molecule has 0 bridgehead atoms. The second-order valence-corrected chi connectivity index (χ2v) is 5.35. The van der Waals surface area contributed by atoms with Crippen molar-refractivity contribution in [1.82, 2.24) is 4.90 Å². The first-order valence-corrected chi connectivity index (χ1v) is 5.13. The molecule has 0 amide bonds. The van der Waals surface area contributed by atoms with E-state index >= 15 is 0 Å². The van der Waals surface area contributed by atoms with Gasteiger partial charge in [-0.2, -0.15) is 0 Å². The Balaban J connectivity index is 2.55. The Bertz CT molecular complexity index is 194. The van der Waals surface area contributed by atoms with Gasteiger partial charge in [0, 0.05) is 18.2 Å². The maximum absolute atomic E-state index is 7.89. The fourth-order valence-electron chi connectivity index (χ4n) is 2.18. The average Bonchev–Trinajstić information content (AvgIpc) is 1.95. The predicted octanol–water partition coefficient (Wildman–Crippen LogP) is 2.39. The van der Waals surface area contributed by atoms with Gasteiger partial charge in [-0.15, -0.1) is 0 Å². The van der Waals surface area contributed by atoms with E-state index in [1.54, 1.807) is 0 Å². The molecule has 0 heterocycles. The predicted molar refractivity (Wildman–Crippen MR) is 57.4 cm³/mol. The van der Waals surface area contributed by atoms with Crippen molar-refractivity contribution in [1.29, 1.82) is 5.41 Å². The van der Waals surface area contributed by atoms with E-state index in [1.807, 2.05) is 0 Å². The fraction of sp³-hybridized carbons (Fsp3) is 0.909. The molecule has 0 saturated heterocycles. The smallest absolute Gasteiger partial charge is 0.0133 e. The zero-order valence-corrected chi connectivity index (χ0v) is 9.35. The monoisotopic (exact) mass is 182 g/mol. The van der Waals surface area contributed by atoms with Crippen LogP contribution in [0.5, 0.6) is 0 Å². The molecule has 76 valence electrons. The van der Waals surface area contributed by atoms with Crippen molar-refractivity contribution in [3.63, 3.8) is 0 Å². The molecule has 1 rings (SSSR count). The second kappa shape index (κ2) is 3.79. The molecule has 2 heteroatoms. The van der Waals surface area contributed by atoms with Crippen LogP contribution in [0, 0.1) is 16.7 Å². The van der Waals surface area contributed by atoms with Crippen LogP contribution in [0.3, 0.4) is 0 Å². The minimum absolute atomic E-state index is 0.450. The van der Waals surface area contributed by atoms with Crippen LogP contribution in [0.1, 0.15) is 33.1 Å². The van der Waals surface area contributed by atoms with Crippen LogP contribution >= 0.6 is 0 Å². The van der Waals surface area contributed by atoms with E-state index in [1.165, 1.54) is 12.8 Å². The van der Waals surface area contributed by atoms with Gasteiger partial charge in [-0.1, -0.05) is 13.8 Å². The zero-order valence-electron chi connectivity index (χ0n) is 9.35. The van der Waals surface area contributed by atoms with Crippen molar-refractivity contribution >= 4 is 5.71 Å². The molecular formula is C11H22N2. The standard InChI is InChI=1S/C11H22N2/c1-11(2)6-5-10(12)9(7-11)8-13(3)4/h9,12H,5-8H2,1-4H3. The van der Waals surface area contributed by atoms with E-state index in [-0.39, 0.29) is 0 Å². The number of hydrogen-bond acceptors (Lipinski definition) is 2. The molecule has 1 aliphatic rings. The molecule has 0 radical (unpaired) electrons. The lowest BCUT2D eigenvalue weighted by molar-refractivity contribution is 0.226. The Kier molecular flexibility index (Phi) is 3.12. The molecule has 0 aromatic carbocycles. The highest BCUT2D eigenvalue weighted by atomic mass is 15.1. The summed E-state index contributed by atoms with van der Waals surface area (Å²) in [6.45, 7) is 5.69. The number of nitrogens with one attached hydrogen (secondary N) is 1. The molecule has 2 nitrogen and oxygen atoms in total. The summed E-state index contributed by atoms with van der Waals surface area (Å²) in [4.78, 5) is 2.20. The molecule has 1 fully saturated rings. The molecule has 0 aromatic heterocycles. The summed E-state index contributed by atoms with van der Waals surface area (Å²) in [7, 11) is 4.18. The first-order chi connectivity index (χ1) is 5.91. The lowest BCUT2D eigenvalue weighted by Gasteiger charge is -2.36. The van der Waals surface area contributed by atoms with E-state index in [4.69, 9.17) is 5.41 Å². The average molecular weight is 182 g/mol.